The van der Waals surface area contributed by atoms with Crippen LogP contribution in [0, 0.1) is 11.6 Å². The molecule has 2 aromatic carbocycles. The summed E-state index contributed by atoms with van der Waals surface area (Å²) in [6.07, 6.45) is 6.88. The molecule has 0 saturated carbocycles. The minimum atomic E-state index is -0.502. The Balaban J connectivity index is 1.63. The van der Waals surface area contributed by atoms with Crippen molar-refractivity contribution in [1.29, 1.82) is 0 Å². The van der Waals surface area contributed by atoms with Crippen LogP contribution in [-0.2, 0) is 0 Å². The van der Waals surface area contributed by atoms with E-state index < -0.39 is 5.82 Å². The van der Waals surface area contributed by atoms with Gasteiger partial charge in [-0.2, -0.15) is 5.10 Å². The SMILES string of the molecule is C=C/C(=C\C(=C/C)c1ncc2[nH]nc(-c3nc4c(-c5ccc(F)cc5)cccc4[nH]3)c2c1F)NC(C)C. The minimum Gasteiger partial charge on any atom is -0.383 e. The molecule has 5 rings (SSSR count). The molecule has 8 heteroatoms. The van der Waals surface area contributed by atoms with Crippen LogP contribution in [0.25, 0.3) is 50.2 Å². The number of allylic oxidation sites excluding steroid dienone is 4. The maximum atomic E-state index is 16.0. The monoisotopic (exact) mass is 496 g/mol. The van der Waals surface area contributed by atoms with Crippen molar-refractivity contribution in [2.24, 2.45) is 0 Å². The van der Waals surface area contributed by atoms with Gasteiger partial charge in [0.15, 0.2) is 11.6 Å². The third kappa shape index (κ3) is 4.53. The second kappa shape index (κ2) is 9.81. The van der Waals surface area contributed by atoms with Crippen molar-refractivity contribution in [2.45, 2.75) is 26.8 Å². The first kappa shape index (κ1) is 24.1. The second-order valence-corrected chi connectivity index (χ2v) is 8.92. The van der Waals surface area contributed by atoms with Crippen LogP contribution in [0.2, 0.25) is 0 Å². The number of nitrogens with zero attached hydrogens (tertiary/aromatic N) is 3. The summed E-state index contributed by atoms with van der Waals surface area (Å²) in [5.74, 6) is -0.396. The van der Waals surface area contributed by atoms with Crippen molar-refractivity contribution >= 4 is 27.5 Å². The Labute approximate surface area is 212 Å². The first-order valence-corrected chi connectivity index (χ1v) is 11.9. The summed E-state index contributed by atoms with van der Waals surface area (Å²) in [7, 11) is 0. The van der Waals surface area contributed by atoms with Gasteiger partial charge in [0.1, 0.15) is 17.2 Å². The molecular weight excluding hydrogens is 470 g/mol. The van der Waals surface area contributed by atoms with E-state index in [0.29, 0.717) is 28.1 Å². The molecule has 0 spiro atoms. The molecule has 0 amide bonds. The number of imidazole rings is 1. The second-order valence-electron chi connectivity index (χ2n) is 8.92. The number of benzene rings is 2. The normalized spacial score (nSPS) is 12.6. The zero-order valence-electron chi connectivity index (χ0n) is 20.7. The standard InChI is InChI=1S/C29H26F2N6/c1-5-17(14-20(6-2)33-16(3)4)26-25(31)24-23(15-32-26)36-37-28(24)29-34-22-9-7-8-21(27(22)35-29)18-10-12-19(30)13-11-18/h5-16,33H,2H2,1,3-4H3,(H,34,35)(H,36,37)/b17-5+,20-14+. The van der Waals surface area contributed by atoms with Gasteiger partial charge in [-0.05, 0) is 56.7 Å². The number of H-pyrrole nitrogens is 2. The summed E-state index contributed by atoms with van der Waals surface area (Å²) in [5.41, 5.74) is 5.48. The van der Waals surface area contributed by atoms with Gasteiger partial charge in [-0.25, -0.2) is 13.8 Å². The molecule has 0 unspecified atom stereocenters. The molecule has 0 fully saturated rings. The fraction of sp³-hybridized carbons (Fsp3) is 0.138. The molecule has 0 radical (unpaired) electrons. The predicted octanol–water partition coefficient (Wildman–Crippen LogP) is 6.92. The molecule has 0 aliphatic heterocycles. The van der Waals surface area contributed by atoms with Gasteiger partial charge >= 0.3 is 0 Å². The van der Waals surface area contributed by atoms with Gasteiger partial charge in [-0.15, -0.1) is 0 Å². The fourth-order valence-electron chi connectivity index (χ4n) is 4.30. The van der Waals surface area contributed by atoms with Gasteiger partial charge in [0.05, 0.1) is 28.1 Å². The van der Waals surface area contributed by atoms with Gasteiger partial charge in [0.2, 0.25) is 0 Å². The van der Waals surface area contributed by atoms with Crippen LogP contribution in [0.3, 0.4) is 0 Å². The van der Waals surface area contributed by atoms with E-state index in [0.717, 1.165) is 22.3 Å². The number of aromatic nitrogens is 5. The van der Waals surface area contributed by atoms with Crippen molar-refractivity contribution in [3.8, 4) is 22.6 Å². The highest BCUT2D eigenvalue weighted by Gasteiger charge is 2.21. The van der Waals surface area contributed by atoms with Crippen molar-refractivity contribution in [2.75, 3.05) is 0 Å². The van der Waals surface area contributed by atoms with E-state index >= 15 is 4.39 Å². The van der Waals surface area contributed by atoms with Gasteiger partial charge in [0.25, 0.3) is 0 Å². The van der Waals surface area contributed by atoms with E-state index in [1.54, 1.807) is 30.5 Å². The number of nitrogens with one attached hydrogen (secondary N) is 3. The maximum absolute atomic E-state index is 16.0. The van der Waals surface area contributed by atoms with E-state index in [1.807, 2.05) is 45.0 Å². The molecule has 3 heterocycles. The molecule has 5 aromatic rings. The Kier molecular flexibility index (Phi) is 6.40. The number of aromatic amines is 2. The average Bonchev–Trinajstić information content (AvgIpc) is 3.52. The van der Waals surface area contributed by atoms with E-state index in [2.05, 4.69) is 32.1 Å². The van der Waals surface area contributed by atoms with Crippen molar-refractivity contribution in [3.63, 3.8) is 0 Å². The minimum absolute atomic E-state index is 0.191. The van der Waals surface area contributed by atoms with Crippen LogP contribution in [-0.4, -0.2) is 31.2 Å². The molecule has 6 nitrogen and oxygen atoms in total. The summed E-state index contributed by atoms with van der Waals surface area (Å²) < 4.78 is 29.5. The Hall–Kier alpha value is -4.59. The zero-order valence-corrected chi connectivity index (χ0v) is 20.7. The molecule has 0 aliphatic carbocycles. The van der Waals surface area contributed by atoms with Gasteiger partial charge in [-0.1, -0.05) is 36.9 Å². The van der Waals surface area contributed by atoms with Crippen molar-refractivity contribution in [3.05, 3.63) is 96.5 Å². The largest absolute Gasteiger partial charge is 0.383 e. The number of rotatable bonds is 7. The number of fused-ring (bicyclic) bond motifs is 2. The number of para-hydroxylation sites is 1. The van der Waals surface area contributed by atoms with E-state index in [4.69, 9.17) is 4.98 Å². The predicted molar refractivity (Wildman–Crippen MR) is 145 cm³/mol. The van der Waals surface area contributed by atoms with Gasteiger partial charge < -0.3 is 10.3 Å². The molecule has 0 atom stereocenters. The molecular formula is C29H26F2N6. The first-order valence-electron chi connectivity index (χ1n) is 11.9. The zero-order chi connectivity index (χ0) is 26.1. The molecule has 37 heavy (non-hydrogen) atoms. The summed E-state index contributed by atoms with van der Waals surface area (Å²) in [6.45, 7) is 9.72. The number of pyridine rings is 1. The Morgan fingerprint density at radius 3 is 2.57 bits per heavy atom. The lowest BCUT2D eigenvalue weighted by atomic mass is 10.0. The van der Waals surface area contributed by atoms with Crippen LogP contribution in [0.15, 0.2) is 79.2 Å². The maximum Gasteiger partial charge on any atom is 0.161 e. The van der Waals surface area contributed by atoms with Crippen LogP contribution in [0.5, 0.6) is 0 Å². The van der Waals surface area contributed by atoms with E-state index in [1.165, 1.54) is 12.1 Å². The number of hydrogen-bond acceptors (Lipinski definition) is 4. The highest BCUT2D eigenvalue weighted by molar-refractivity contribution is 5.98. The third-order valence-electron chi connectivity index (χ3n) is 6.01. The van der Waals surface area contributed by atoms with Crippen molar-refractivity contribution in [1.82, 2.24) is 30.5 Å². The highest BCUT2D eigenvalue weighted by Crippen LogP contribution is 2.34. The topological polar surface area (TPSA) is 82.3 Å². The molecule has 3 aromatic heterocycles. The summed E-state index contributed by atoms with van der Waals surface area (Å²) in [6, 6.07) is 12.1. The quantitative estimate of drug-likeness (QED) is 0.214. The Morgan fingerprint density at radius 1 is 1.08 bits per heavy atom. The van der Waals surface area contributed by atoms with E-state index in [9.17, 15) is 4.39 Å². The first-order chi connectivity index (χ1) is 17.9. The Bertz CT molecular complexity index is 1670. The average molecular weight is 497 g/mol. The van der Waals surface area contributed by atoms with Gasteiger partial charge in [-0.3, -0.25) is 10.1 Å². The summed E-state index contributed by atoms with van der Waals surface area (Å²) in [5, 5.41) is 10.8. The number of halogens is 2. The summed E-state index contributed by atoms with van der Waals surface area (Å²) >= 11 is 0. The fourth-order valence-corrected chi connectivity index (χ4v) is 4.30. The molecule has 186 valence electrons. The lowest BCUT2D eigenvalue weighted by Crippen LogP contribution is -2.20. The van der Waals surface area contributed by atoms with Crippen LogP contribution in [0.4, 0.5) is 8.78 Å². The molecule has 0 aliphatic rings. The lowest BCUT2D eigenvalue weighted by molar-refractivity contribution is 0.628. The lowest BCUT2D eigenvalue weighted by Gasteiger charge is -2.12. The Morgan fingerprint density at radius 2 is 1.86 bits per heavy atom. The van der Waals surface area contributed by atoms with E-state index in [-0.39, 0.29) is 22.9 Å². The van der Waals surface area contributed by atoms with Crippen LogP contribution < -0.4 is 5.32 Å². The third-order valence-corrected chi connectivity index (χ3v) is 6.01. The molecule has 0 bridgehead atoms. The van der Waals surface area contributed by atoms with Crippen molar-refractivity contribution < 1.29 is 8.78 Å². The molecule has 3 N–H and O–H groups in total. The van der Waals surface area contributed by atoms with Crippen LogP contribution >= 0.6 is 0 Å². The smallest absolute Gasteiger partial charge is 0.161 e. The summed E-state index contributed by atoms with van der Waals surface area (Å²) in [4.78, 5) is 12.4. The van der Waals surface area contributed by atoms with Gasteiger partial charge in [0, 0.05) is 22.9 Å². The van der Waals surface area contributed by atoms with Crippen LogP contribution in [0.1, 0.15) is 26.5 Å². The number of hydrogen-bond donors (Lipinski definition) is 3. The molecule has 0 saturated heterocycles. The highest BCUT2D eigenvalue weighted by atomic mass is 19.1.